The Morgan fingerprint density at radius 3 is 2.79 bits per heavy atom. The van der Waals surface area contributed by atoms with Crippen molar-refractivity contribution in [3.63, 3.8) is 0 Å². The molecule has 2 rings (SSSR count). The number of sulfonamides is 1. The van der Waals surface area contributed by atoms with Crippen molar-refractivity contribution in [3.8, 4) is 0 Å². The van der Waals surface area contributed by atoms with Crippen LogP contribution in [0.15, 0.2) is 17.0 Å². The minimum atomic E-state index is -3.47. The molecular weight excluding hydrogens is 280 g/mol. The van der Waals surface area contributed by atoms with Crippen LogP contribution >= 0.6 is 11.8 Å². The summed E-state index contributed by atoms with van der Waals surface area (Å²) in [6, 6.07) is 3.50. The fourth-order valence-electron chi connectivity index (χ4n) is 2.34. The summed E-state index contributed by atoms with van der Waals surface area (Å²) < 4.78 is 27.5. The summed E-state index contributed by atoms with van der Waals surface area (Å²) in [6.07, 6.45) is 2.26. The molecule has 1 aliphatic rings. The van der Waals surface area contributed by atoms with Gasteiger partial charge >= 0.3 is 0 Å². The number of benzene rings is 1. The molecule has 6 heteroatoms. The predicted molar refractivity (Wildman–Crippen MR) is 81.0 cm³/mol. The summed E-state index contributed by atoms with van der Waals surface area (Å²) in [5.74, 6) is 1.13. The molecule has 0 amide bonds. The van der Waals surface area contributed by atoms with E-state index in [1.54, 1.807) is 26.0 Å². The van der Waals surface area contributed by atoms with E-state index in [1.165, 1.54) is 6.42 Å². The monoisotopic (exact) mass is 300 g/mol. The summed E-state index contributed by atoms with van der Waals surface area (Å²) in [5.41, 5.74) is 7.69. The van der Waals surface area contributed by atoms with Crippen LogP contribution in [0.5, 0.6) is 0 Å². The molecule has 106 valence electrons. The number of aryl methyl sites for hydroxylation is 1. The van der Waals surface area contributed by atoms with Crippen molar-refractivity contribution in [2.75, 3.05) is 18.0 Å². The van der Waals surface area contributed by atoms with Gasteiger partial charge in [-0.25, -0.2) is 13.1 Å². The van der Waals surface area contributed by atoms with Gasteiger partial charge in [0, 0.05) is 17.5 Å². The van der Waals surface area contributed by atoms with Gasteiger partial charge in [0.1, 0.15) is 0 Å². The molecule has 1 fully saturated rings. The molecule has 3 N–H and O–H groups in total. The molecule has 1 aromatic rings. The summed E-state index contributed by atoms with van der Waals surface area (Å²) in [7, 11) is -3.47. The Labute approximate surface area is 119 Å². The van der Waals surface area contributed by atoms with E-state index in [0.717, 1.165) is 17.7 Å². The third kappa shape index (κ3) is 3.24. The lowest BCUT2D eigenvalue weighted by Crippen LogP contribution is -2.31. The number of nitrogens with one attached hydrogen (secondary N) is 1. The van der Waals surface area contributed by atoms with Crippen LogP contribution in [0.2, 0.25) is 0 Å². The molecule has 0 radical (unpaired) electrons. The summed E-state index contributed by atoms with van der Waals surface area (Å²) in [4.78, 5) is 0.329. The van der Waals surface area contributed by atoms with Crippen LogP contribution in [0.4, 0.5) is 5.69 Å². The number of nitrogens with two attached hydrogens (primary N) is 1. The highest BCUT2D eigenvalue weighted by atomic mass is 32.2. The summed E-state index contributed by atoms with van der Waals surface area (Å²) in [5, 5.41) is 0.399. The van der Waals surface area contributed by atoms with Crippen LogP contribution in [0.25, 0.3) is 0 Å². The van der Waals surface area contributed by atoms with Gasteiger partial charge in [0.2, 0.25) is 10.0 Å². The normalized spacial score (nSPS) is 19.8. The van der Waals surface area contributed by atoms with E-state index in [-0.39, 0.29) is 0 Å². The Morgan fingerprint density at radius 2 is 2.16 bits per heavy atom. The minimum absolute atomic E-state index is 0.329. The number of hydrogen-bond acceptors (Lipinski definition) is 4. The van der Waals surface area contributed by atoms with Crippen LogP contribution in [0.1, 0.15) is 24.0 Å². The maximum atomic E-state index is 12.4. The zero-order valence-electron chi connectivity index (χ0n) is 11.3. The number of anilines is 1. The highest BCUT2D eigenvalue weighted by Crippen LogP contribution is 2.27. The number of thioether (sulfide) groups is 1. The molecule has 0 spiro atoms. The van der Waals surface area contributed by atoms with E-state index in [0.29, 0.717) is 27.9 Å². The van der Waals surface area contributed by atoms with E-state index in [1.807, 2.05) is 11.8 Å². The summed E-state index contributed by atoms with van der Waals surface area (Å²) in [6.45, 7) is 4.05. The van der Waals surface area contributed by atoms with Crippen molar-refractivity contribution in [1.29, 1.82) is 0 Å². The third-order valence-corrected chi connectivity index (χ3v) is 6.55. The first-order valence-corrected chi connectivity index (χ1v) is 8.92. The molecule has 4 nitrogen and oxygen atoms in total. The van der Waals surface area contributed by atoms with E-state index in [9.17, 15) is 8.42 Å². The molecule has 1 atom stereocenters. The zero-order valence-corrected chi connectivity index (χ0v) is 12.9. The quantitative estimate of drug-likeness (QED) is 0.835. The van der Waals surface area contributed by atoms with Crippen molar-refractivity contribution in [3.05, 3.63) is 23.3 Å². The SMILES string of the molecule is Cc1ccc(N)c(C)c1S(=O)(=O)NCC1CCCS1. The standard InChI is InChI=1S/C13H20N2O2S2/c1-9-5-6-12(14)10(2)13(9)19(16,17)15-8-11-4-3-7-18-11/h5-6,11,15H,3-4,7-8,14H2,1-2H3. The largest absolute Gasteiger partial charge is 0.398 e. The highest BCUT2D eigenvalue weighted by molar-refractivity contribution is 8.00. The molecule has 0 aromatic heterocycles. The summed E-state index contributed by atoms with van der Waals surface area (Å²) >= 11 is 1.84. The van der Waals surface area contributed by atoms with Gasteiger partial charge in [0.25, 0.3) is 0 Å². The molecule has 1 aromatic carbocycles. The Morgan fingerprint density at radius 1 is 1.42 bits per heavy atom. The van der Waals surface area contributed by atoms with Gasteiger partial charge in [-0.3, -0.25) is 0 Å². The topological polar surface area (TPSA) is 72.2 Å². The van der Waals surface area contributed by atoms with Crippen molar-refractivity contribution >= 4 is 27.5 Å². The van der Waals surface area contributed by atoms with Crippen molar-refractivity contribution in [2.24, 2.45) is 0 Å². The molecule has 0 saturated carbocycles. The Kier molecular flexibility index (Phi) is 4.43. The van der Waals surface area contributed by atoms with E-state index in [2.05, 4.69) is 4.72 Å². The fourth-order valence-corrected chi connectivity index (χ4v) is 5.22. The first-order valence-electron chi connectivity index (χ1n) is 6.39. The number of rotatable bonds is 4. The van der Waals surface area contributed by atoms with Crippen molar-refractivity contribution < 1.29 is 8.42 Å². The third-order valence-electron chi connectivity index (χ3n) is 3.44. The van der Waals surface area contributed by atoms with Crippen molar-refractivity contribution in [2.45, 2.75) is 36.8 Å². The average molecular weight is 300 g/mol. The predicted octanol–water partition coefficient (Wildman–Crippen LogP) is 2.06. The lowest BCUT2D eigenvalue weighted by Gasteiger charge is -2.15. The van der Waals surface area contributed by atoms with Gasteiger partial charge in [-0.05, 0) is 49.6 Å². The van der Waals surface area contributed by atoms with Gasteiger partial charge in [-0.1, -0.05) is 6.07 Å². The zero-order chi connectivity index (χ0) is 14.0. The van der Waals surface area contributed by atoms with Crippen LogP contribution < -0.4 is 10.5 Å². The second kappa shape index (κ2) is 5.73. The molecular formula is C13H20N2O2S2. The van der Waals surface area contributed by atoms with Crippen LogP contribution in [-0.2, 0) is 10.0 Å². The maximum Gasteiger partial charge on any atom is 0.241 e. The lowest BCUT2D eigenvalue weighted by molar-refractivity contribution is 0.578. The maximum absolute atomic E-state index is 12.4. The smallest absolute Gasteiger partial charge is 0.241 e. The Bertz CT molecular complexity index is 564. The van der Waals surface area contributed by atoms with E-state index < -0.39 is 10.0 Å². The Hall–Kier alpha value is -0.720. The first-order chi connectivity index (χ1) is 8.92. The average Bonchev–Trinajstić information content (AvgIpc) is 2.85. The van der Waals surface area contributed by atoms with Gasteiger partial charge in [0.15, 0.2) is 0 Å². The van der Waals surface area contributed by atoms with Crippen LogP contribution in [0.3, 0.4) is 0 Å². The second-order valence-corrected chi connectivity index (χ2v) is 8.02. The van der Waals surface area contributed by atoms with E-state index in [4.69, 9.17) is 5.73 Å². The minimum Gasteiger partial charge on any atom is -0.398 e. The Balaban J connectivity index is 2.21. The molecule has 1 unspecified atom stereocenters. The lowest BCUT2D eigenvalue weighted by atomic mass is 10.1. The number of hydrogen-bond donors (Lipinski definition) is 2. The highest BCUT2D eigenvalue weighted by Gasteiger charge is 2.23. The fraction of sp³-hybridized carbons (Fsp3) is 0.538. The van der Waals surface area contributed by atoms with Gasteiger partial charge < -0.3 is 5.73 Å². The van der Waals surface area contributed by atoms with Crippen LogP contribution in [0, 0.1) is 13.8 Å². The molecule has 1 heterocycles. The number of nitrogen functional groups attached to an aromatic ring is 1. The molecule has 1 aliphatic heterocycles. The van der Waals surface area contributed by atoms with Crippen molar-refractivity contribution in [1.82, 2.24) is 4.72 Å². The van der Waals surface area contributed by atoms with Gasteiger partial charge in [-0.15, -0.1) is 0 Å². The molecule has 1 saturated heterocycles. The molecule has 0 aliphatic carbocycles. The van der Waals surface area contributed by atoms with Gasteiger partial charge in [-0.2, -0.15) is 11.8 Å². The molecule has 19 heavy (non-hydrogen) atoms. The molecule has 0 bridgehead atoms. The van der Waals surface area contributed by atoms with E-state index >= 15 is 0 Å². The van der Waals surface area contributed by atoms with Gasteiger partial charge in [0.05, 0.1) is 4.90 Å². The van der Waals surface area contributed by atoms with Crippen LogP contribution in [-0.4, -0.2) is 26.0 Å². The second-order valence-electron chi connectivity index (χ2n) is 4.91. The first kappa shape index (κ1) is 14.7.